The SMILES string of the molecule is C[NH+](C)Cc1ccc(CNC(=O)c2cc(F)cc(F)c2)cc1. The smallest absolute Gasteiger partial charge is 0.251 e. The van der Waals surface area contributed by atoms with Gasteiger partial charge >= 0.3 is 0 Å². The summed E-state index contributed by atoms with van der Waals surface area (Å²) in [6.45, 7) is 1.24. The van der Waals surface area contributed by atoms with Gasteiger partial charge in [-0.05, 0) is 17.7 Å². The predicted molar refractivity (Wildman–Crippen MR) is 80.5 cm³/mol. The average molecular weight is 305 g/mol. The fourth-order valence-electron chi connectivity index (χ4n) is 2.15. The maximum Gasteiger partial charge on any atom is 0.251 e. The second kappa shape index (κ2) is 7.13. The van der Waals surface area contributed by atoms with Gasteiger partial charge in [0, 0.05) is 23.7 Å². The molecule has 2 aromatic rings. The number of nitrogens with one attached hydrogen (secondary N) is 2. The van der Waals surface area contributed by atoms with Crippen molar-refractivity contribution in [2.75, 3.05) is 14.1 Å². The molecule has 0 bridgehead atoms. The molecule has 0 aliphatic heterocycles. The average Bonchev–Trinajstić information content (AvgIpc) is 2.44. The Morgan fingerprint density at radius 2 is 1.55 bits per heavy atom. The molecule has 1 amide bonds. The molecule has 0 unspecified atom stereocenters. The monoisotopic (exact) mass is 305 g/mol. The molecule has 22 heavy (non-hydrogen) atoms. The summed E-state index contributed by atoms with van der Waals surface area (Å²) < 4.78 is 26.2. The number of amides is 1. The van der Waals surface area contributed by atoms with Crippen molar-refractivity contribution in [1.29, 1.82) is 0 Å². The van der Waals surface area contributed by atoms with E-state index < -0.39 is 17.5 Å². The highest BCUT2D eigenvalue weighted by atomic mass is 19.1. The molecule has 3 nitrogen and oxygen atoms in total. The van der Waals surface area contributed by atoms with Crippen molar-refractivity contribution in [3.05, 3.63) is 70.8 Å². The van der Waals surface area contributed by atoms with Crippen molar-refractivity contribution >= 4 is 5.91 Å². The summed E-state index contributed by atoms with van der Waals surface area (Å²) in [7, 11) is 4.15. The summed E-state index contributed by atoms with van der Waals surface area (Å²) in [5.74, 6) is -2.03. The quantitative estimate of drug-likeness (QED) is 0.863. The number of halogens is 2. The summed E-state index contributed by atoms with van der Waals surface area (Å²) in [5, 5.41) is 2.65. The van der Waals surface area contributed by atoms with Crippen LogP contribution in [0.2, 0.25) is 0 Å². The molecule has 116 valence electrons. The standard InChI is InChI=1S/C17H18F2N2O/c1-21(2)11-13-5-3-12(4-6-13)10-20-17(22)14-7-15(18)9-16(19)8-14/h3-9H,10-11H2,1-2H3,(H,20,22)/p+1. The summed E-state index contributed by atoms with van der Waals surface area (Å²) in [4.78, 5) is 13.2. The zero-order valence-corrected chi connectivity index (χ0v) is 12.6. The van der Waals surface area contributed by atoms with Gasteiger partial charge < -0.3 is 10.2 Å². The van der Waals surface area contributed by atoms with Crippen molar-refractivity contribution in [3.8, 4) is 0 Å². The van der Waals surface area contributed by atoms with Gasteiger partial charge in [0.2, 0.25) is 0 Å². The normalized spacial score (nSPS) is 10.8. The third kappa shape index (κ3) is 4.63. The first-order valence-corrected chi connectivity index (χ1v) is 7.05. The fraction of sp³-hybridized carbons (Fsp3) is 0.235. The van der Waals surface area contributed by atoms with E-state index in [0.29, 0.717) is 6.54 Å². The van der Waals surface area contributed by atoms with Crippen LogP contribution >= 0.6 is 0 Å². The summed E-state index contributed by atoms with van der Waals surface area (Å²) in [6, 6.07) is 10.7. The number of quaternary nitrogens is 1. The molecule has 2 aromatic carbocycles. The van der Waals surface area contributed by atoms with E-state index in [4.69, 9.17) is 0 Å². The van der Waals surface area contributed by atoms with Gasteiger partial charge in [0.25, 0.3) is 5.91 Å². The van der Waals surface area contributed by atoms with Crippen LogP contribution in [0.4, 0.5) is 8.78 Å². The highest BCUT2D eigenvalue weighted by molar-refractivity contribution is 5.94. The topological polar surface area (TPSA) is 33.5 Å². The molecule has 2 rings (SSSR count). The molecule has 0 fully saturated rings. The Labute approximate surface area is 128 Å². The third-order valence-corrected chi connectivity index (χ3v) is 3.16. The van der Waals surface area contributed by atoms with E-state index in [2.05, 4.69) is 19.4 Å². The number of carbonyl (C=O) groups is 1. The summed E-state index contributed by atoms with van der Waals surface area (Å²) >= 11 is 0. The molecule has 0 heterocycles. The van der Waals surface area contributed by atoms with Gasteiger partial charge in [0.1, 0.15) is 18.2 Å². The van der Waals surface area contributed by atoms with Gasteiger partial charge in [-0.15, -0.1) is 0 Å². The zero-order chi connectivity index (χ0) is 16.1. The molecule has 0 radical (unpaired) electrons. The van der Waals surface area contributed by atoms with Crippen LogP contribution in [0.15, 0.2) is 42.5 Å². The minimum atomic E-state index is -0.763. The van der Waals surface area contributed by atoms with Gasteiger partial charge in [-0.25, -0.2) is 8.78 Å². The van der Waals surface area contributed by atoms with Crippen LogP contribution in [0.5, 0.6) is 0 Å². The van der Waals surface area contributed by atoms with Gasteiger partial charge in [0.15, 0.2) is 0 Å². The van der Waals surface area contributed by atoms with E-state index in [1.54, 1.807) is 0 Å². The number of hydrogen-bond donors (Lipinski definition) is 2. The van der Waals surface area contributed by atoms with Crippen LogP contribution < -0.4 is 10.2 Å². The molecule has 0 aliphatic rings. The molecular formula is C17H19F2N2O+. The van der Waals surface area contributed by atoms with E-state index >= 15 is 0 Å². The van der Waals surface area contributed by atoms with Gasteiger partial charge in [-0.1, -0.05) is 24.3 Å². The molecule has 0 atom stereocenters. The van der Waals surface area contributed by atoms with E-state index in [1.165, 1.54) is 10.5 Å². The van der Waals surface area contributed by atoms with Crippen LogP contribution in [0.3, 0.4) is 0 Å². The maximum atomic E-state index is 13.1. The van der Waals surface area contributed by atoms with E-state index in [9.17, 15) is 13.6 Å². The van der Waals surface area contributed by atoms with Crippen molar-refractivity contribution in [2.24, 2.45) is 0 Å². The maximum absolute atomic E-state index is 13.1. The van der Waals surface area contributed by atoms with Crippen molar-refractivity contribution in [3.63, 3.8) is 0 Å². The first kappa shape index (κ1) is 16.1. The van der Waals surface area contributed by atoms with Crippen LogP contribution in [0, 0.1) is 11.6 Å². The number of benzene rings is 2. The largest absolute Gasteiger partial charge is 0.348 e. The van der Waals surface area contributed by atoms with Crippen molar-refractivity contribution in [2.45, 2.75) is 13.1 Å². The lowest BCUT2D eigenvalue weighted by Crippen LogP contribution is -3.04. The Balaban J connectivity index is 1.96. The van der Waals surface area contributed by atoms with Crippen LogP contribution in [0.1, 0.15) is 21.5 Å². The van der Waals surface area contributed by atoms with Gasteiger partial charge in [0.05, 0.1) is 14.1 Å². The van der Waals surface area contributed by atoms with E-state index in [-0.39, 0.29) is 5.56 Å². The molecule has 2 N–H and O–H groups in total. The second-order valence-corrected chi connectivity index (χ2v) is 5.54. The Morgan fingerprint density at radius 3 is 2.09 bits per heavy atom. The Hall–Kier alpha value is -2.27. The molecule has 0 saturated carbocycles. The molecular weight excluding hydrogens is 286 g/mol. The minimum absolute atomic E-state index is 0.0228. The van der Waals surface area contributed by atoms with Crippen LogP contribution in [-0.2, 0) is 13.1 Å². The second-order valence-electron chi connectivity index (χ2n) is 5.54. The predicted octanol–water partition coefficient (Wildman–Crippen LogP) is 1.54. The van der Waals surface area contributed by atoms with Gasteiger partial charge in [-0.2, -0.15) is 0 Å². The van der Waals surface area contributed by atoms with E-state index in [0.717, 1.165) is 30.3 Å². The molecule has 0 aliphatic carbocycles. The molecule has 0 saturated heterocycles. The fourth-order valence-corrected chi connectivity index (χ4v) is 2.15. The Kier molecular flexibility index (Phi) is 5.22. The molecule has 0 spiro atoms. The number of rotatable bonds is 5. The number of carbonyl (C=O) groups excluding carboxylic acids is 1. The van der Waals surface area contributed by atoms with Crippen molar-refractivity contribution in [1.82, 2.24) is 5.32 Å². The Morgan fingerprint density at radius 1 is 1.00 bits per heavy atom. The lowest BCUT2D eigenvalue weighted by atomic mass is 10.1. The first-order chi connectivity index (χ1) is 10.4. The van der Waals surface area contributed by atoms with E-state index in [1.807, 2.05) is 24.3 Å². The highest BCUT2D eigenvalue weighted by Crippen LogP contribution is 2.09. The van der Waals surface area contributed by atoms with Gasteiger partial charge in [-0.3, -0.25) is 4.79 Å². The summed E-state index contributed by atoms with van der Waals surface area (Å²) in [6.07, 6.45) is 0. The van der Waals surface area contributed by atoms with Crippen molar-refractivity contribution < 1.29 is 18.5 Å². The minimum Gasteiger partial charge on any atom is -0.348 e. The zero-order valence-electron chi connectivity index (χ0n) is 12.6. The van der Waals surface area contributed by atoms with Crippen LogP contribution in [-0.4, -0.2) is 20.0 Å². The highest BCUT2D eigenvalue weighted by Gasteiger charge is 2.09. The third-order valence-electron chi connectivity index (χ3n) is 3.16. The first-order valence-electron chi connectivity index (χ1n) is 7.05. The lowest BCUT2D eigenvalue weighted by Gasteiger charge is -2.09. The summed E-state index contributed by atoms with van der Waals surface area (Å²) in [5.41, 5.74) is 2.12. The molecule has 0 aromatic heterocycles. The van der Waals surface area contributed by atoms with Crippen LogP contribution in [0.25, 0.3) is 0 Å². The lowest BCUT2D eigenvalue weighted by molar-refractivity contribution is -0.872. The number of hydrogen-bond acceptors (Lipinski definition) is 1. The Bertz CT molecular complexity index is 634. The molecule has 5 heteroatoms.